The van der Waals surface area contributed by atoms with Crippen molar-refractivity contribution in [3.63, 3.8) is 0 Å². The summed E-state index contributed by atoms with van der Waals surface area (Å²) in [5.74, 6) is 0.736. The molecule has 0 radical (unpaired) electrons. The van der Waals surface area contributed by atoms with Gasteiger partial charge in [-0.15, -0.1) is 12.4 Å². The first kappa shape index (κ1) is 16.5. The van der Waals surface area contributed by atoms with Crippen molar-refractivity contribution in [1.29, 1.82) is 0 Å². The summed E-state index contributed by atoms with van der Waals surface area (Å²) < 4.78 is 5.75. The van der Waals surface area contributed by atoms with Gasteiger partial charge < -0.3 is 15.1 Å². The number of amides is 1. The summed E-state index contributed by atoms with van der Waals surface area (Å²) >= 11 is 0. The van der Waals surface area contributed by atoms with E-state index >= 15 is 0 Å². The molecule has 0 aliphatic carbocycles. The summed E-state index contributed by atoms with van der Waals surface area (Å²) in [6, 6.07) is 9.91. The number of rotatable bonds is 4. The second-order valence-electron chi connectivity index (χ2n) is 5.71. The van der Waals surface area contributed by atoms with E-state index in [1.165, 1.54) is 0 Å². The van der Waals surface area contributed by atoms with Gasteiger partial charge in [-0.2, -0.15) is 5.10 Å². The van der Waals surface area contributed by atoms with E-state index in [2.05, 4.69) is 20.8 Å². The average molecular weight is 347 g/mol. The molecule has 4 rings (SSSR count). The second-order valence-corrected chi connectivity index (χ2v) is 5.71. The number of carbonyl (C=O) groups excluding carboxylic acids is 1. The highest BCUT2D eigenvalue weighted by Crippen LogP contribution is 2.19. The smallest absolute Gasteiger partial charge is 0.272 e. The zero-order valence-corrected chi connectivity index (χ0v) is 13.9. The molecular weight excluding hydrogens is 328 g/mol. The normalized spacial score (nSPS) is 13.3. The zero-order valence-electron chi connectivity index (χ0n) is 13.1. The van der Waals surface area contributed by atoms with E-state index in [1.807, 2.05) is 30.3 Å². The highest BCUT2D eigenvalue weighted by Gasteiger charge is 2.21. The highest BCUT2D eigenvalue weighted by molar-refractivity contribution is 5.94. The molecule has 7 heteroatoms. The van der Waals surface area contributed by atoms with Crippen LogP contribution in [-0.2, 0) is 19.4 Å². The summed E-state index contributed by atoms with van der Waals surface area (Å²) in [5, 5.41) is 14.4. The lowest BCUT2D eigenvalue weighted by Gasteiger charge is -2.12. The van der Waals surface area contributed by atoms with Crippen molar-refractivity contribution in [2.24, 2.45) is 0 Å². The molecule has 1 aliphatic heterocycles. The molecule has 3 aromatic rings. The summed E-state index contributed by atoms with van der Waals surface area (Å²) in [4.78, 5) is 12.3. The van der Waals surface area contributed by atoms with E-state index in [0.29, 0.717) is 25.2 Å². The van der Waals surface area contributed by atoms with Crippen LogP contribution in [-0.4, -0.2) is 29.2 Å². The van der Waals surface area contributed by atoms with Crippen molar-refractivity contribution in [3.05, 3.63) is 53.0 Å². The summed E-state index contributed by atoms with van der Waals surface area (Å²) in [6.07, 6.45) is 1.54. The molecule has 3 N–H and O–H groups in total. The van der Waals surface area contributed by atoms with E-state index in [4.69, 9.17) is 4.42 Å². The number of furan rings is 1. The summed E-state index contributed by atoms with van der Waals surface area (Å²) in [7, 11) is 0. The summed E-state index contributed by atoms with van der Waals surface area (Å²) in [5.41, 5.74) is 3.42. The van der Waals surface area contributed by atoms with Crippen LogP contribution < -0.4 is 10.6 Å². The molecule has 3 heterocycles. The van der Waals surface area contributed by atoms with E-state index in [1.54, 1.807) is 0 Å². The number of fused-ring (bicyclic) bond motifs is 2. The Bertz CT molecular complexity index is 822. The molecule has 0 spiro atoms. The molecule has 126 valence electrons. The third-order valence-electron chi connectivity index (χ3n) is 4.15. The summed E-state index contributed by atoms with van der Waals surface area (Å²) in [6.45, 7) is 2.13. The van der Waals surface area contributed by atoms with Crippen LogP contribution >= 0.6 is 12.4 Å². The maximum Gasteiger partial charge on any atom is 0.272 e. The predicted octanol–water partition coefficient (Wildman–Crippen LogP) is 2.20. The SMILES string of the molecule is Cl.O=C(NCCc1cc2ccccc2o1)c1n[nH]c2c1CNCC2. The lowest BCUT2D eigenvalue weighted by molar-refractivity contribution is 0.0947. The van der Waals surface area contributed by atoms with Gasteiger partial charge in [0.05, 0.1) is 0 Å². The quantitative estimate of drug-likeness (QED) is 0.676. The fourth-order valence-electron chi connectivity index (χ4n) is 2.96. The number of nitrogens with zero attached hydrogens (tertiary/aromatic N) is 1. The molecule has 2 aromatic heterocycles. The molecule has 0 unspecified atom stereocenters. The molecule has 0 saturated carbocycles. The molecule has 1 amide bonds. The number of benzene rings is 1. The van der Waals surface area contributed by atoms with Crippen LogP contribution in [0.4, 0.5) is 0 Å². The van der Waals surface area contributed by atoms with Gasteiger partial charge in [0.25, 0.3) is 5.91 Å². The zero-order chi connectivity index (χ0) is 15.6. The van der Waals surface area contributed by atoms with Gasteiger partial charge in [0.15, 0.2) is 5.69 Å². The number of para-hydroxylation sites is 1. The van der Waals surface area contributed by atoms with Crippen molar-refractivity contribution in [2.45, 2.75) is 19.4 Å². The van der Waals surface area contributed by atoms with Gasteiger partial charge in [0.2, 0.25) is 0 Å². The minimum atomic E-state index is -0.137. The molecule has 0 bridgehead atoms. The third-order valence-corrected chi connectivity index (χ3v) is 4.15. The highest BCUT2D eigenvalue weighted by atomic mass is 35.5. The Morgan fingerprint density at radius 1 is 1.33 bits per heavy atom. The van der Waals surface area contributed by atoms with Crippen LogP contribution in [0.2, 0.25) is 0 Å². The Morgan fingerprint density at radius 2 is 2.21 bits per heavy atom. The Labute approximate surface area is 145 Å². The Kier molecular flexibility index (Phi) is 4.87. The number of hydrogen-bond donors (Lipinski definition) is 3. The first-order valence-electron chi connectivity index (χ1n) is 7.84. The maximum atomic E-state index is 12.3. The molecule has 1 aromatic carbocycles. The number of nitrogens with one attached hydrogen (secondary N) is 3. The van der Waals surface area contributed by atoms with Crippen molar-refractivity contribution >= 4 is 29.3 Å². The van der Waals surface area contributed by atoms with Gasteiger partial charge in [-0.25, -0.2) is 0 Å². The van der Waals surface area contributed by atoms with Gasteiger partial charge in [-0.05, 0) is 12.1 Å². The van der Waals surface area contributed by atoms with Gasteiger partial charge in [0.1, 0.15) is 11.3 Å². The molecule has 6 nitrogen and oxygen atoms in total. The average Bonchev–Trinajstić information content (AvgIpc) is 3.18. The van der Waals surface area contributed by atoms with Crippen LogP contribution in [0, 0.1) is 0 Å². The van der Waals surface area contributed by atoms with Crippen LogP contribution in [0.5, 0.6) is 0 Å². The third kappa shape index (κ3) is 3.16. The molecule has 0 atom stereocenters. The standard InChI is InChI=1S/C17H18N4O2.ClH/c22-17(16-13-10-18-7-6-14(13)20-21-16)19-8-5-12-9-11-3-1-2-4-15(11)23-12;/h1-4,9,18H,5-8,10H2,(H,19,22)(H,20,21);1H. The maximum absolute atomic E-state index is 12.3. The Balaban J connectivity index is 0.00000169. The first-order chi connectivity index (χ1) is 11.3. The second kappa shape index (κ2) is 7.07. The van der Waals surface area contributed by atoms with E-state index in [0.717, 1.165) is 41.0 Å². The number of carbonyl (C=O) groups is 1. The van der Waals surface area contributed by atoms with Crippen LogP contribution in [0.3, 0.4) is 0 Å². The van der Waals surface area contributed by atoms with Crippen LogP contribution in [0.25, 0.3) is 11.0 Å². The van der Waals surface area contributed by atoms with Crippen LogP contribution in [0.1, 0.15) is 27.5 Å². The number of hydrogen-bond acceptors (Lipinski definition) is 4. The first-order valence-corrected chi connectivity index (χ1v) is 7.84. The lowest BCUT2D eigenvalue weighted by atomic mass is 10.1. The molecule has 1 aliphatic rings. The molecule has 0 saturated heterocycles. The van der Waals surface area contributed by atoms with Crippen molar-refractivity contribution in [2.75, 3.05) is 13.1 Å². The molecular formula is C17H19ClN4O2. The number of aromatic nitrogens is 2. The van der Waals surface area contributed by atoms with Crippen molar-refractivity contribution in [3.8, 4) is 0 Å². The van der Waals surface area contributed by atoms with Crippen LogP contribution in [0.15, 0.2) is 34.7 Å². The minimum Gasteiger partial charge on any atom is -0.461 e. The predicted molar refractivity (Wildman–Crippen MR) is 93.5 cm³/mol. The van der Waals surface area contributed by atoms with Gasteiger partial charge in [-0.1, -0.05) is 18.2 Å². The van der Waals surface area contributed by atoms with Gasteiger partial charge in [-0.3, -0.25) is 9.89 Å². The molecule has 24 heavy (non-hydrogen) atoms. The Hall–Kier alpha value is -2.31. The number of aromatic amines is 1. The van der Waals surface area contributed by atoms with E-state index in [9.17, 15) is 4.79 Å². The fraction of sp³-hybridized carbons (Fsp3) is 0.294. The van der Waals surface area contributed by atoms with E-state index in [-0.39, 0.29) is 18.3 Å². The van der Waals surface area contributed by atoms with Gasteiger partial charge in [0, 0.05) is 49.1 Å². The largest absolute Gasteiger partial charge is 0.461 e. The Morgan fingerprint density at radius 3 is 3.08 bits per heavy atom. The van der Waals surface area contributed by atoms with Gasteiger partial charge >= 0.3 is 0 Å². The minimum absolute atomic E-state index is 0. The topological polar surface area (TPSA) is 83.0 Å². The monoisotopic (exact) mass is 346 g/mol. The van der Waals surface area contributed by atoms with Crippen molar-refractivity contribution in [1.82, 2.24) is 20.8 Å². The fourth-order valence-corrected chi connectivity index (χ4v) is 2.96. The van der Waals surface area contributed by atoms with Crippen molar-refractivity contribution < 1.29 is 9.21 Å². The molecule has 0 fully saturated rings. The number of halogens is 1. The number of H-pyrrole nitrogens is 1. The lowest BCUT2D eigenvalue weighted by Crippen LogP contribution is -2.29. The van der Waals surface area contributed by atoms with E-state index < -0.39 is 0 Å².